The zero-order valence-electron chi connectivity index (χ0n) is 23.6. The second-order valence-electron chi connectivity index (χ2n) is 9.55. The fourth-order valence-corrected chi connectivity index (χ4v) is 5.40. The molecule has 1 heterocycles. The van der Waals surface area contributed by atoms with Crippen LogP contribution in [-0.2, 0) is 16.6 Å². The van der Waals surface area contributed by atoms with Crippen LogP contribution in [0.4, 0.5) is 23.0 Å². The highest BCUT2D eigenvalue weighted by Crippen LogP contribution is 2.30. The molecule has 0 bridgehead atoms. The van der Waals surface area contributed by atoms with E-state index in [2.05, 4.69) is 25.3 Å². The number of carbonyl (C=O) groups is 1. The summed E-state index contributed by atoms with van der Waals surface area (Å²) in [5, 5.41) is 15.5. The second kappa shape index (κ2) is 12.3. The van der Waals surface area contributed by atoms with E-state index >= 15 is 0 Å². The minimum absolute atomic E-state index is 0.0501. The number of anilines is 4. The van der Waals surface area contributed by atoms with Crippen LogP contribution in [0.25, 0.3) is 11.0 Å². The Morgan fingerprint density at radius 2 is 1.58 bits per heavy atom. The SMILES string of the molecule is COc1cc(CO)cc(Nc2nc3ccccc3nc2NS(=O)(=O)c2cccc(NC(=O)c3ccc(C)cc3OC)c2)c1. The molecule has 5 aromatic rings. The molecule has 0 unspecified atom stereocenters. The third-order valence-electron chi connectivity index (χ3n) is 6.45. The third kappa shape index (κ3) is 6.66. The highest BCUT2D eigenvalue weighted by Gasteiger charge is 2.21. The summed E-state index contributed by atoms with van der Waals surface area (Å²) in [5.41, 5.74) is 3.60. The molecular weight excluding hydrogens is 570 g/mol. The molecule has 4 N–H and O–H groups in total. The fourth-order valence-electron chi connectivity index (χ4n) is 4.35. The van der Waals surface area contributed by atoms with Gasteiger partial charge in [0.2, 0.25) is 0 Å². The van der Waals surface area contributed by atoms with Gasteiger partial charge in [0.25, 0.3) is 15.9 Å². The van der Waals surface area contributed by atoms with Crippen molar-refractivity contribution in [2.45, 2.75) is 18.4 Å². The van der Waals surface area contributed by atoms with Crippen molar-refractivity contribution in [3.8, 4) is 11.5 Å². The van der Waals surface area contributed by atoms with E-state index in [1.165, 1.54) is 32.4 Å². The Balaban J connectivity index is 1.46. The van der Waals surface area contributed by atoms with Crippen LogP contribution < -0.4 is 24.8 Å². The van der Waals surface area contributed by atoms with Gasteiger partial charge in [0.05, 0.1) is 42.3 Å². The number of sulfonamides is 1. The van der Waals surface area contributed by atoms with Gasteiger partial charge in [-0.15, -0.1) is 0 Å². The molecule has 0 aliphatic rings. The Morgan fingerprint density at radius 3 is 2.28 bits per heavy atom. The Labute approximate surface area is 248 Å². The number of aliphatic hydroxyl groups is 1. The highest BCUT2D eigenvalue weighted by molar-refractivity contribution is 7.92. The van der Waals surface area contributed by atoms with E-state index < -0.39 is 15.9 Å². The number of methoxy groups -OCH3 is 2. The standard InChI is InChI=1S/C31H29N5O6S/c1-19-11-12-25(28(13-19)42-3)31(38)33-21-7-6-8-24(17-21)43(39,40)36-30-29(34-26-9-4-5-10-27(26)35-30)32-22-14-20(18-37)15-23(16-22)41-2/h4-17,37H,18H2,1-3H3,(H,32,34)(H,33,38)(H,35,36). The molecule has 43 heavy (non-hydrogen) atoms. The van der Waals surface area contributed by atoms with Crippen LogP contribution in [0.15, 0.2) is 89.8 Å². The first-order chi connectivity index (χ1) is 20.7. The maximum Gasteiger partial charge on any atom is 0.263 e. The molecule has 1 aromatic heterocycles. The van der Waals surface area contributed by atoms with Crippen LogP contribution in [0.5, 0.6) is 11.5 Å². The van der Waals surface area contributed by atoms with Gasteiger partial charge in [-0.25, -0.2) is 18.4 Å². The van der Waals surface area contributed by atoms with E-state index in [1.807, 2.05) is 6.92 Å². The summed E-state index contributed by atoms with van der Waals surface area (Å²) in [4.78, 5) is 22.0. The van der Waals surface area contributed by atoms with Gasteiger partial charge in [-0.2, -0.15) is 0 Å². The van der Waals surface area contributed by atoms with Gasteiger partial charge in [-0.3, -0.25) is 9.52 Å². The van der Waals surface area contributed by atoms with Crippen molar-refractivity contribution in [2.75, 3.05) is 29.6 Å². The molecule has 0 atom stereocenters. The van der Waals surface area contributed by atoms with Crippen molar-refractivity contribution in [2.24, 2.45) is 0 Å². The van der Waals surface area contributed by atoms with Crippen molar-refractivity contribution in [3.63, 3.8) is 0 Å². The van der Waals surface area contributed by atoms with Crippen LogP contribution in [0.1, 0.15) is 21.5 Å². The van der Waals surface area contributed by atoms with Crippen LogP contribution in [0, 0.1) is 6.92 Å². The molecule has 12 heteroatoms. The van der Waals surface area contributed by atoms with Crippen molar-refractivity contribution >= 4 is 50.0 Å². The van der Waals surface area contributed by atoms with E-state index in [9.17, 15) is 18.3 Å². The lowest BCUT2D eigenvalue weighted by molar-refractivity contribution is 0.102. The van der Waals surface area contributed by atoms with Crippen molar-refractivity contribution in [3.05, 3.63) is 102 Å². The van der Waals surface area contributed by atoms with Gasteiger partial charge >= 0.3 is 0 Å². The number of aromatic nitrogens is 2. The summed E-state index contributed by atoms with van der Waals surface area (Å²) in [6.45, 7) is 1.66. The molecule has 11 nitrogen and oxygen atoms in total. The number of fused-ring (bicyclic) bond motifs is 1. The summed E-state index contributed by atoms with van der Waals surface area (Å²) < 4.78 is 40.4. The lowest BCUT2D eigenvalue weighted by Gasteiger charge is -2.15. The number of amides is 1. The predicted octanol–water partition coefficient (Wildman–Crippen LogP) is 5.24. The number of benzene rings is 4. The predicted molar refractivity (Wildman–Crippen MR) is 165 cm³/mol. The largest absolute Gasteiger partial charge is 0.497 e. The summed E-state index contributed by atoms with van der Waals surface area (Å²) in [6, 6.07) is 23.1. The number of aryl methyl sites for hydroxylation is 1. The molecule has 0 radical (unpaired) electrons. The van der Waals surface area contributed by atoms with E-state index in [1.54, 1.807) is 66.7 Å². The number of carbonyl (C=O) groups excluding carboxylic acids is 1. The fraction of sp³-hybridized carbons (Fsp3) is 0.129. The molecule has 0 aliphatic carbocycles. The van der Waals surface area contributed by atoms with E-state index in [0.717, 1.165) is 5.56 Å². The van der Waals surface area contributed by atoms with Crippen LogP contribution in [-0.4, -0.2) is 43.6 Å². The monoisotopic (exact) mass is 599 g/mol. The second-order valence-corrected chi connectivity index (χ2v) is 11.2. The van der Waals surface area contributed by atoms with Gasteiger partial charge < -0.3 is 25.2 Å². The number of hydrogen-bond acceptors (Lipinski definition) is 9. The Kier molecular flexibility index (Phi) is 8.41. The topological polar surface area (TPSA) is 152 Å². The zero-order valence-corrected chi connectivity index (χ0v) is 24.4. The summed E-state index contributed by atoms with van der Waals surface area (Å²) >= 11 is 0. The lowest BCUT2D eigenvalue weighted by Crippen LogP contribution is -2.17. The van der Waals surface area contributed by atoms with E-state index in [0.29, 0.717) is 39.3 Å². The molecule has 0 aliphatic heterocycles. The van der Waals surface area contributed by atoms with Gasteiger partial charge in [0.15, 0.2) is 11.6 Å². The van der Waals surface area contributed by atoms with Gasteiger partial charge in [0.1, 0.15) is 11.5 Å². The first-order valence-electron chi connectivity index (χ1n) is 13.1. The number of para-hydroxylation sites is 2. The average Bonchev–Trinajstić information content (AvgIpc) is 3.00. The van der Waals surface area contributed by atoms with Crippen molar-refractivity contribution in [1.29, 1.82) is 0 Å². The number of hydrogen-bond donors (Lipinski definition) is 4. The maximum atomic E-state index is 13.6. The minimum atomic E-state index is -4.20. The van der Waals surface area contributed by atoms with E-state index in [4.69, 9.17) is 9.47 Å². The molecular formula is C31H29N5O6S. The number of aliphatic hydroxyl groups excluding tert-OH is 1. The molecule has 0 saturated carbocycles. The number of nitrogens with one attached hydrogen (secondary N) is 3. The van der Waals surface area contributed by atoms with Crippen molar-refractivity contribution in [1.82, 2.24) is 9.97 Å². The summed E-state index contributed by atoms with van der Waals surface area (Å²) in [5.74, 6) is 0.528. The van der Waals surface area contributed by atoms with Crippen LogP contribution in [0.2, 0.25) is 0 Å². The molecule has 0 spiro atoms. The van der Waals surface area contributed by atoms with Gasteiger partial charge in [-0.1, -0.05) is 24.3 Å². The molecule has 4 aromatic carbocycles. The number of nitrogens with zero attached hydrogens (tertiary/aromatic N) is 2. The van der Waals surface area contributed by atoms with Crippen LogP contribution in [0.3, 0.4) is 0 Å². The van der Waals surface area contributed by atoms with Crippen molar-refractivity contribution < 1.29 is 27.8 Å². The summed E-state index contributed by atoms with van der Waals surface area (Å²) in [6.07, 6.45) is 0. The van der Waals surface area contributed by atoms with Crippen LogP contribution >= 0.6 is 0 Å². The average molecular weight is 600 g/mol. The maximum absolute atomic E-state index is 13.6. The molecule has 5 rings (SSSR count). The third-order valence-corrected chi connectivity index (χ3v) is 7.79. The first kappa shape index (κ1) is 29.3. The first-order valence-corrected chi connectivity index (χ1v) is 14.6. The number of ether oxygens (including phenoxy) is 2. The summed E-state index contributed by atoms with van der Waals surface area (Å²) in [7, 11) is -1.22. The quantitative estimate of drug-likeness (QED) is 0.169. The van der Waals surface area contributed by atoms with Gasteiger partial charge in [0, 0.05) is 17.4 Å². The molecule has 1 amide bonds. The van der Waals surface area contributed by atoms with E-state index in [-0.39, 0.29) is 28.8 Å². The molecule has 0 fully saturated rings. The Morgan fingerprint density at radius 1 is 0.837 bits per heavy atom. The molecule has 0 saturated heterocycles. The smallest absolute Gasteiger partial charge is 0.263 e. The Bertz CT molecular complexity index is 1910. The minimum Gasteiger partial charge on any atom is -0.497 e. The molecule has 220 valence electrons. The highest BCUT2D eigenvalue weighted by atomic mass is 32.2. The Hall–Kier alpha value is -5.20. The normalized spacial score (nSPS) is 11.2. The lowest BCUT2D eigenvalue weighted by atomic mass is 10.1. The number of rotatable bonds is 10. The zero-order chi connectivity index (χ0) is 30.6. The van der Waals surface area contributed by atoms with Gasteiger partial charge in [-0.05, 0) is 72.6 Å².